The topological polar surface area (TPSA) is 64.4 Å². The second kappa shape index (κ2) is 6.92. The van der Waals surface area contributed by atoms with Crippen LogP contribution in [-0.4, -0.2) is 17.6 Å². The Labute approximate surface area is 124 Å². The second-order valence-corrected chi connectivity index (χ2v) is 4.87. The Kier molecular flexibility index (Phi) is 4.98. The second-order valence-electron chi connectivity index (χ2n) is 4.87. The van der Waals surface area contributed by atoms with Crippen LogP contribution >= 0.6 is 0 Å². The highest BCUT2D eigenvalue weighted by molar-refractivity contribution is 5.94. The van der Waals surface area contributed by atoms with Crippen molar-refractivity contribution in [3.63, 3.8) is 0 Å². The predicted octanol–water partition coefficient (Wildman–Crippen LogP) is 3.01. The first-order valence-electron chi connectivity index (χ1n) is 7.04. The Balaban J connectivity index is 1.95. The van der Waals surface area contributed by atoms with Gasteiger partial charge in [0.25, 0.3) is 5.91 Å². The Morgan fingerprint density at radius 3 is 2.57 bits per heavy atom. The molecule has 2 rings (SSSR count). The molecule has 5 heteroatoms. The van der Waals surface area contributed by atoms with Crippen LogP contribution in [0, 0.1) is 13.8 Å². The van der Waals surface area contributed by atoms with Gasteiger partial charge in [0.05, 0.1) is 11.3 Å². The van der Waals surface area contributed by atoms with E-state index in [0.29, 0.717) is 24.5 Å². The van der Waals surface area contributed by atoms with Crippen LogP contribution in [0.4, 0.5) is 0 Å². The Hall–Kier alpha value is -2.30. The third-order valence-electron chi connectivity index (χ3n) is 3.22. The van der Waals surface area contributed by atoms with Crippen molar-refractivity contribution in [1.82, 2.24) is 10.5 Å². The average molecular weight is 288 g/mol. The summed E-state index contributed by atoms with van der Waals surface area (Å²) in [5.41, 5.74) is 2.43. The fourth-order valence-corrected chi connectivity index (χ4v) is 1.91. The Bertz CT molecular complexity index is 583. The minimum Gasteiger partial charge on any atom is -0.489 e. The first-order chi connectivity index (χ1) is 10.1. The monoisotopic (exact) mass is 288 g/mol. The highest BCUT2D eigenvalue weighted by Crippen LogP contribution is 2.17. The smallest absolute Gasteiger partial charge is 0.251 e. The van der Waals surface area contributed by atoms with Crippen LogP contribution in [0.1, 0.15) is 40.7 Å². The molecular weight excluding hydrogens is 268 g/mol. The van der Waals surface area contributed by atoms with Gasteiger partial charge in [0.2, 0.25) is 0 Å². The van der Waals surface area contributed by atoms with Crippen molar-refractivity contribution >= 4 is 5.91 Å². The lowest BCUT2D eigenvalue weighted by Gasteiger charge is -2.07. The normalized spacial score (nSPS) is 10.4. The highest BCUT2D eigenvalue weighted by Gasteiger charge is 2.10. The maximum absolute atomic E-state index is 11.8. The summed E-state index contributed by atoms with van der Waals surface area (Å²) in [6.07, 6.45) is 0.921. The van der Waals surface area contributed by atoms with E-state index in [9.17, 15) is 4.79 Å². The molecule has 0 aliphatic carbocycles. The molecule has 5 nitrogen and oxygen atoms in total. The lowest BCUT2D eigenvalue weighted by atomic mass is 10.2. The number of ether oxygens (including phenoxy) is 1. The molecule has 1 heterocycles. The lowest BCUT2D eigenvalue weighted by Crippen LogP contribution is -2.23. The van der Waals surface area contributed by atoms with Crippen molar-refractivity contribution in [2.45, 2.75) is 33.8 Å². The molecule has 0 spiro atoms. The van der Waals surface area contributed by atoms with Crippen LogP contribution in [0.3, 0.4) is 0 Å². The van der Waals surface area contributed by atoms with Crippen molar-refractivity contribution in [2.75, 3.05) is 6.54 Å². The minimum absolute atomic E-state index is 0.0610. The van der Waals surface area contributed by atoms with Crippen molar-refractivity contribution < 1.29 is 14.1 Å². The van der Waals surface area contributed by atoms with Gasteiger partial charge in [-0.05, 0) is 44.5 Å². The fraction of sp³-hybridized carbons (Fsp3) is 0.375. The van der Waals surface area contributed by atoms with E-state index in [1.54, 1.807) is 24.3 Å². The molecule has 0 saturated carbocycles. The van der Waals surface area contributed by atoms with E-state index in [0.717, 1.165) is 23.4 Å². The van der Waals surface area contributed by atoms with E-state index in [2.05, 4.69) is 10.5 Å². The van der Waals surface area contributed by atoms with E-state index in [1.165, 1.54) is 0 Å². The van der Waals surface area contributed by atoms with E-state index in [4.69, 9.17) is 9.26 Å². The molecule has 112 valence electrons. The molecule has 0 atom stereocenters. The maximum Gasteiger partial charge on any atom is 0.251 e. The number of benzene rings is 1. The van der Waals surface area contributed by atoms with Crippen LogP contribution in [0.5, 0.6) is 5.75 Å². The first kappa shape index (κ1) is 15.1. The van der Waals surface area contributed by atoms with Crippen molar-refractivity contribution in [2.24, 2.45) is 0 Å². The molecule has 0 unspecified atom stereocenters. The number of hydrogen-bond donors (Lipinski definition) is 1. The third-order valence-corrected chi connectivity index (χ3v) is 3.22. The number of amides is 1. The first-order valence-corrected chi connectivity index (χ1v) is 7.04. The molecule has 0 bridgehead atoms. The summed E-state index contributed by atoms with van der Waals surface area (Å²) < 4.78 is 10.8. The van der Waals surface area contributed by atoms with Gasteiger partial charge in [0.1, 0.15) is 18.1 Å². The fourth-order valence-electron chi connectivity index (χ4n) is 1.91. The van der Waals surface area contributed by atoms with Crippen molar-refractivity contribution in [3.8, 4) is 5.75 Å². The third kappa shape index (κ3) is 3.84. The average Bonchev–Trinajstić information content (AvgIpc) is 2.82. The number of rotatable bonds is 6. The molecule has 1 aromatic carbocycles. The summed E-state index contributed by atoms with van der Waals surface area (Å²) in [6, 6.07) is 7.10. The summed E-state index contributed by atoms with van der Waals surface area (Å²) in [7, 11) is 0. The van der Waals surface area contributed by atoms with Gasteiger partial charge in [0.15, 0.2) is 0 Å². The van der Waals surface area contributed by atoms with Crippen molar-refractivity contribution in [3.05, 3.63) is 46.8 Å². The highest BCUT2D eigenvalue weighted by atomic mass is 16.5. The van der Waals surface area contributed by atoms with Gasteiger partial charge in [0, 0.05) is 12.1 Å². The molecule has 0 aliphatic rings. The SMILES string of the molecule is CCCNC(=O)c1ccc(OCc2c(C)noc2C)cc1. The van der Waals surface area contributed by atoms with Crippen LogP contribution in [0.15, 0.2) is 28.8 Å². The molecular formula is C16H20N2O3. The number of hydrogen-bond acceptors (Lipinski definition) is 4. The number of aryl methyl sites for hydroxylation is 2. The molecule has 21 heavy (non-hydrogen) atoms. The van der Waals surface area contributed by atoms with Gasteiger partial charge in [-0.3, -0.25) is 4.79 Å². The molecule has 0 fully saturated rings. The van der Waals surface area contributed by atoms with Crippen LogP contribution in [0.2, 0.25) is 0 Å². The number of nitrogens with zero attached hydrogens (tertiary/aromatic N) is 1. The molecule has 0 radical (unpaired) electrons. The summed E-state index contributed by atoms with van der Waals surface area (Å²) in [4.78, 5) is 11.8. The van der Waals surface area contributed by atoms with Crippen molar-refractivity contribution in [1.29, 1.82) is 0 Å². The summed E-state index contributed by atoms with van der Waals surface area (Å²) >= 11 is 0. The molecule has 2 aromatic rings. The molecule has 1 N–H and O–H groups in total. The van der Waals surface area contributed by atoms with Gasteiger partial charge in [-0.2, -0.15) is 0 Å². The number of nitrogens with one attached hydrogen (secondary N) is 1. The van der Waals surface area contributed by atoms with E-state index >= 15 is 0 Å². The van der Waals surface area contributed by atoms with Crippen LogP contribution < -0.4 is 10.1 Å². The minimum atomic E-state index is -0.0610. The number of aromatic nitrogens is 1. The largest absolute Gasteiger partial charge is 0.489 e. The van der Waals surface area contributed by atoms with Gasteiger partial charge in [-0.1, -0.05) is 12.1 Å². The lowest BCUT2D eigenvalue weighted by molar-refractivity contribution is 0.0953. The van der Waals surface area contributed by atoms with E-state index in [-0.39, 0.29) is 5.91 Å². The van der Waals surface area contributed by atoms with Crippen LogP contribution in [0.25, 0.3) is 0 Å². The maximum atomic E-state index is 11.8. The van der Waals surface area contributed by atoms with Gasteiger partial charge >= 0.3 is 0 Å². The van der Waals surface area contributed by atoms with E-state index < -0.39 is 0 Å². The number of carbonyl (C=O) groups is 1. The zero-order valence-corrected chi connectivity index (χ0v) is 12.6. The summed E-state index contributed by atoms with van der Waals surface area (Å²) in [5.74, 6) is 1.42. The zero-order chi connectivity index (χ0) is 15.2. The summed E-state index contributed by atoms with van der Waals surface area (Å²) in [5, 5.41) is 6.72. The molecule has 0 saturated heterocycles. The molecule has 1 amide bonds. The number of carbonyl (C=O) groups excluding carboxylic acids is 1. The molecule has 1 aromatic heterocycles. The van der Waals surface area contributed by atoms with Crippen LogP contribution in [-0.2, 0) is 6.61 Å². The van der Waals surface area contributed by atoms with Gasteiger partial charge in [-0.15, -0.1) is 0 Å². The molecule has 0 aliphatic heterocycles. The predicted molar refractivity (Wildman–Crippen MR) is 79.4 cm³/mol. The quantitative estimate of drug-likeness (QED) is 0.887. The Morgan fingerprint density at radius 1 is 1.29 bits per heavy atom. The summed E-state index contributed by atoms with van der Waals surface area (Å²) in [6.45, 7) is 6.85. The van der Waals surface area contributed by atoms with Gasteiger partial charge in [-0.25, -0.2) is 0 Å². The van der Waals surface area contributed by atoms with Gasteiger partial charge < -0.3 is 14.6 Å². The Morgan fingerprint density at radius 2 is 2.00 bits per heavy atom. The zero-order valence-electron chi connectivity index (χ0n) is 12.6. The van der Waals surface area contributed by atoms with E-state index in [1.807, 2.05) is 20.8 Å². The standard InChI is InChI=1S/C16H20N2O3/c1-4-9-17-16(19)13-5-7-14(8-6-13)20-10-15-11(2)18-21-12(15)3/h5-8H,4,9-10H2,1-3H3,(H,17,19).